The molecule has 2 aliphatic rings. The van der Waals surface area contributed by atoms with Crippen LogP contribution in [-0.2, 0) is 11.2 Å². The van der Waals surface area contributed by atoms with E-state index in [0.29, 0.717) is 0 Å². The third-order valence-corrected chi connectivity index (χ3v) is 5.43. The van der Waals surface area contributed by atoms with Gasteiger partial charge >= 0.3 is 0 Å². The van der Waals surface area contributed by atoms with Crippen LogP contribution in [0, 0.1) is 0 Å². The molecule has 1 saturated heterocycles. The maximum Gasteiger partial charge on any atom is 0.230 e. The van der Waals surface area contributed by atoms with E-state index in [2.05, 4.69) is 34.5 Å². The van der Waals surface area contributed by atoms with Crippen LogP contribution in [0.15, 0.2) is 48.5 Å². The Bertz CT molecular complexity index is 761. The molecule has 0 aromatic heterocycles. The molecule has 0 bridgehead atoms. The lowest BCUT2D eigenvalue weighted by molar-refractivity contribution is -0.136. The molecule has 0 saturated carbocycles. The lowest BCUT2D eigenvalue weighted by atomic mass is 9.96. The highest BCUT2D eigenvalue weighted by atomic mass is 35.5. The maximum atomic E-state index is 13.3. The van der Waals surface area contributed by atoms with Crippen molar-refractivity contribution < 1.29 is 4.79 Å². The molecule has 2 aromatic carbocycles. The van der Waals surface area contributed by atoms with Crippen molar-refractivity contribution in [3.05, 3.63) is 70.2 Å². The highest BCUT2D eigenvalue weighted by Gasteiger charge is 2.36. The van der Waals surface area contributed by atoms with E-state index in [1.807, 2.05) is 24.3 Å². The number of carbonyl (C=O) groups excluding carboxylic acids is 1. The average Bonchev–Trinajstić information content (AvgIpc) is 3.05. The fourth-order valence-electron chi connectivity index (χ4n) is 3.99. The summed E-state index contributed by atoms with van der Waals surface area (Å²) in [6.45, 7) is 2.37. The molecule has 1 heterocycles. The zero-order valence-electron chi connectivity index (χ0n) is 13.5. The molecule has 1 aliphatic heterocycles. The number of benzene rings is 2. The molecule has 4 rings (SSSR count). The number of carbonyl (C=O) groups is 1. The van der Waals surface area contributed by atoms with Crippen molar-refractivity contribution >= 4 is 17.5 Å². The average molecular weight is 341 g/mol. The number of nitrogens with one attached hydrogen (secondary N) is 1. The number of hydrogen-bond acceptors (Lipinski definition) is 2. The van der Waals surface area contributed by atoms with Crippen molar-refractivity contribution in [3.63, 3.8) is 0 Å². The van der Waals surface area contributed by atoms with Gasteiger partial charge in [-0.25, -0.2) is 0 Å². The summed E-state index contributed by atoms with van der Waals surface area (Å²) in [6.07, 6.45) is 1.92. The molecule has 0 spiro atoms. The first kappa shape index (κ1) is 15.7. The van der Waals surface area contributed by atoms with Crippen LogP contribution >= 0.6 is 11.6 Å². The van der Waals surface area contributed by atoms with Gasteiger partial charge in [0.15, 0.2) is 0 Å². The molecule has 1 aliphatic carbocycles. The Balaban J connectivity index is 1.63. The van der Waals surface area contributed by atoms with Crippen LogP contribution in [0.5, 0.6) is 0 Å². The quantitative estimate of drug-likeness (QED) is 0.906. The van der Waals surface area contributed by atoms with Crippen LogP contribution in [0.25, 0.3) is 0 Å². The van der Waals surface area contributed by atoms with Gasteiger partial charge in [0, 0.05) is 24.7 Å². The SMILES string of the molecule is O=C(C1CCc2ccccc21)N1CCNCC1c1cccc(Cl)c1. The maximum absolute atomic E-state index is 13.3. The van der Waals surface area contributed by atoms with E-state index in [1.54, 1.807) is 0 Å². The Labute approximate surface area is 147 Å². The van der Waals surface area contributed by atoms with Gasteiger partial charge in [-0.3, -0.25) is 4.79 Å². The van der Waals surface area contributed by atoms with Gasteiger partial charge in [-0.2, -0.15) is 0 Å². The first-order valence-corrected chi connectivity index (χ1v) is 8.96. The molecular weight excluding hydrogens is 320 g/mol. The van der Waals surface area contributed by atoms with Gasteiger partial charge in [0.05, 0.1) is 12.0 Å². The Kier molecular flexibility index (Phi) is 4.30. The van der Waals surface area contributed by atoms with Gasteiger partial charge in [-0.15, -0.1) is 0 Å². The summed E-state index contributed by atoms with van der Waals surface area (Å²) in [5, 5.41) is 4.13. The molecule has 0 radical (unpaired) electrons. The number of fused-ring (bicyclic) bond motifs is 1. The molecular formula is C20H21ClN2O. The Morgan fingerprint density at radius 1 is 1.17 bits per heavy atom. The van der Waals surface area contributed by atoms with E-state index in [1.165, 1.54) is 11.1 Å². The molecule has 3 nitrogen and oxygen atoms in total. The molecule has 1 N–H and O–H groups in total. The molecule has 1 fully saturated rings. The molecule has 24 heavy (non-hydrogen) atoms. The number of nitrogens with zero attached hydrogens (tertiary/aromatic N) is 1. The number of aryl methyl sites for hydroxylation is 1. The summed E-state index contributed by atoms with van der Waals surface area (Å²) in [5.41, 5.74) is 3.64. The second-order valence-corrected chi connectivity index (χ2v) is 7.03. The van der Waals surface area contributed by atoms with Gasteiger partial charge in [0.1, 0.15) is 0 Å². The van der Waals surface area contributed by atoms with Crippen molar-refractivity contribution in [2.45, 2.75) is 24.8 Å². The molecule has 124 valence electrons. The highest BCUT2D eigenvalue weighted by molar-refractivity contribution is 6.30. The minimum Gasteiger partial charge on any atom is -0.333 e. The monoisotopic (exact) mass is 340 g/mol. The number of halogens is 1. The zero-order valence-corrected chi connectivity index (χ0v) is 14.3. The van der Waals surface area contributed by atoms with Crippen LogP contribution in [-0.4, -0.2) is 30.4 Å². The van der Waals surface area contributed by atoms with Crippen LogP contribution < -0.4 is 5.32 Å². The van der Waals surface area contributed by atoms with E-state index in [0.717, 1.165) is 43.1 Å². The number of rotatable bonds is 2. The van der Waals surface area contributed by atoms with E-state index in [9.17, 15) is 4.79 Å². The van der Waals surface area contributed by atoms with Gasteiger partial charge in [-0.1, -0.05) is 48.0 Å². The number of amides is 1. The first-order chi connectivity index (χ1) is 11.7. The summed E-state index contributed by atoms with van der Waals surface area (Å²) in [6, 6.07) is 16.3. The standard InChI is InChI=1S/C20H21ClN2O/c21-16-6-3-5-15(12-16)19-13-22-10-11-23(19)20(24)18-9-8-14-4-1-2-7-17(14)18/h1-7,12,18-19,22H,8-11,13H2. The third kappa shape index (κ3) is 2.83. The van der Waals surface area contributed by atoms with Crippen molar-refractivity contribution in [2.75, 3.05) is 19.6 Å². The summed E-state index contributed by atoms with van der Waals surface area (Å²) >= 11 is 6.16. The molecule has 4 heteroatoms. The molecule has 1 amide bonds. The highest BCUT2D eigenvalue weighted by Crippen LogP contribution is 2.36. The van der Waals surface area contributed by atoms with Crippen LogP contribution in [0.2, 0.25) is 5.02 Å². The molecule has 2 atom stereocenters. The van der Waals surface area contributed by atoms with Gasteiger partial charge < -0.3 is 10.2 Å². The van der Waals surface area contributed by atoms with Crippen molar-refractivity contribution in [1.82, 2.24) is 10.2 Å². The summed E-state index contributed by atoms with van der Waals surface area (Å²) in [7, 11) is 0. The molecule has 2 unspecified atom stereocenters. The van der Waals surface area contributed by atoms with Crippen LogP contribution in [0.3, 0.4) is 0 Å². The van der Waals surface area contributed by atoms with E-state index in [-0.39, 0.29) is 17.9 Å². The lowest BCUT2D eigenvalue weighted by Crippen LogP contribution is -2.49. The first-order valence-electron chi connectivity index (χ1n) is 8.58. The normalized spacial score (nSPS) is 23.1. The van der Waals surface area contributed by atoms with Gasteiger partial charge in [0.2, 0.25) is 5.91 Å². The second kappa shape index (κ2) is 6.58. The van der Waals surface area contributed by atoms with Crippen molar-refractivity contribution in [1.29, 1.82) is 0 Å². The minimum atomic E-state index is 0.000911. The number of piperazine rings is 1. The van der Waals surface area contributed by atoms with E-state index >= 15 is 0 Å². The molecule has 2 aromatic rings. The van der Waals surface area contributed by atoms with E-state index in [4.69, 9.17) is 11.6 Å². The lowest BCUT2D eigenvalue weighted by Gasteiger charge is -2.38. The Morgan fingerprint density at radius 2 is 2.04 bits per heavy atom. The number of hydrogen-bond donors (Lipinski definition) is 1. The zero-order chi connectivity index (χ0) is 16.5. The Hall–Kier alpha value is -1.84. The fraction of sp³-hybridized carbons (Fsp3) is 0.350. The summed E-state index contributed by atoms with van der Waals surface area (Å²) in [4.78, 5) is 15.3. The summed E-state index contributed by atoms with van der Waals surface area (Å²) < 4.78 is 0. The van der Waals surface area contributed by atoms with Crippen LogP contribution in [0.1, 0.15) is 35.1 Å². The third-order valence-electron chi connectivity index (χ3n) is 5.19. The second-order valence-electron chi connectivity index (χ2n) is 6.60. The predicted molar refractivity (Wildman–Crippen MR) is 96.3 cm³/mol. The van der Waals surface area contributed by atoms with Crippen LogP contribution in [0.4, 0.5) is 0 Å². The van der Waals surface area contributed by atoms with Crippen molar-refractivity contribution in [2.24, 2.45) is 0 Å². The smallest absolute Gasteiger partial charge is 0.230 e. The summed E-state index contributed by atoms with van der Waals surface area (Å²) in [5.74, 6) is 0.257. The van der Waals surface area contributed by atoms with E-state index < -0.39 is 0 Å². The van der Waals surface area contributed by atoms with Gasteiger partial charge in [-0.05, 0) is 41.7 Å². The fourth-order valence-corrected chi connectivity index (χ4v) is 4.19. The van der Waals surface area contributed by atoms with Crippen molar-refractivity contribution in [3.8, 4) is 0 Å². The predicted octanol–water partition coefficient (Wildman–Crippen LogP) is 3.54. The minimum absolute atomic E-state index is 0.000911. The largest absolute Gasteiger partial charge is 0.333 e. The topological polar surface area (TPSA) is 32.3 Å². The van der Waals surface area contributed by atoms with Gasteiger partial charge in [0.25, 0.3) is 0 Å². The Morgan fingerprint density at radius 3 is 2.92 bits per heavy atom.